The first-order valence-corrected chi connectivity index (χ1v) is 8.26. The van der Waals surface area contributed by atoms with Crippen molar-refractivity contribution < 1.29 is 9.53 Å². The highest BCUT2D eigenvalue weighted by atomic mass is 16.5. The van der Waals surface area contributed by atoms with Gasteiger partial charge in [-0.2, -0.15) is 5.10 Å². The first kappa shape index (κ1) is 14.3. The van der Waals surface area contributed by atoms with Gasteiger partial charge in [-0.05, 0) is 43.9 Å². The summed E-state index contributed by atoms with van der Waals surface area (Å²) in [7, 11) is 0. The summed E-state index contributed by atoms with van der Waals surface area (Å²) in [5, 5.41) is 4.57. The molecule has 1 atom stereocenters. The van der Waals surface area contributed by atoms with Crippen molar-refractivity contribution in [2.24, 2.45) is 5.92 Å². The zero-order valence-corrected chi connectivity index (χ0v) is 13.3. The molecule has 1 fully saturated rings. The third kappa shape index (κ3) is 2.96. The number of hydrogen-bond donors (Lipinski definition) is 0. The average molecular weight is 311 g/mol. The first-order valence-electron chi connectivity index (χ1n) is 8.26. The van der Waals surface area contributed by atoms with Crippen LogP contribution in [0.4, 0.5) is 0 Å². The number of rotatable bonds is 5. The highest BCUT2D eigenvalue weighted by Gasteiger charge is 2.34. The topological polar surface area (TPSA) is 47.4 Å². The molecule has 0 N–H and O–H groups in total. The van der Waals surface area contributed by atoms with Gasteiger partial charge in [-0.1, -0.05) is 18.2 Å². The molecule has 120 valence electrons. The number of fused-ring (bicyclic) bond motifs is 1. The van der Waals surface area contributed by atoms with Gasteiger partial charge in [-0.15, -0.1) is 0 Å². The van der Waals surface area contributed by atoms with E-state index in [9.17, 15) is 4.79 Å². The zero-order chi connectivity index (χ0) is 15.8. The molecule has 2 aromatic rings. The van der Waals surface area contributed by atoms with E-state index in [1.54, 1.807) is 0 Å². The molecule has 1 amide bonds. The molecule has 4 rings (SSSR count). The van der Waals surface area contributed by atoms with Crippen molar-refractivity contribution in [3.63, 3.8) is 0 Å². The fourth-order valence-electron chi connectivity index (χ4n) is 3.10. The number of hydrogen-bond acceptors (Lipinski definition) is 3. The summed E-state index contributed by atoms with van der Waals surface area (Å²) in [6, 6.07) is 11.8. The SMILES string of the molecule is C[C@@H]1CN(CC2CC2)C(=O)c2cc(COc3ccccc3)nn21. The fourth-order valence-corrected chi connectivity index (χ4v) is 3.10. The molecule has 5 heteroatoms. The summed E-state index contributed by atoms with van der Waals surface area (Å²) >= 11 is 0. The van der Waals surface area contributed by atoms with Gasteiger partial charge in [0.05, 0.1) is 6.04 Å². The molecular formula is C18H21N3O2. The number of benzene rings is 1. The highest BCUT2D eigenvalue weighted by Crippen LogP contribution is 2.32. The van der Waals surface area contributed by atoms with Crippen LogP contribution in [-0.4, -0.2) is 33.7 Å². The Morgan fingerprint density at radius 2 is 2.04 bits per heavy atom. The zero-order valence-electron chi connectivity index (χ0n) is 13.3. The average Bonchev–Trinajstić information content (AvgIpc) is 3.27. The van der Waals surface area contributed by atoms with Crippen LogP contribution in [0, 0.1) is 5.92 Å². The predicted octanol–water partition coefficient (Wildman–Crippen LogP) is 2.89. The summed E-state index contributed by atoms with van der Waals surface area (Å²) in [5.41, 5.74) is 1.49. The lowest BCUT2D eigenvalue weighted by Gasteiger charge is -2.31. The number of aromatic nitrogens is 2. The van der Waals surface area contributed by atoms with Crippen molar-refractivity contribution in [2.45, 2.75) is 32.4 Å². The van der Waals surface area contributed by atoms with Crippen molar-refractivity contribution in [1.82, 2.24) is 14.7 Å². The van der Waals surface area contributed by atoms with Crippen molar-refractivity contribution >= 4 is 5.91 Å². The first-order chi connectivity index (χ1) is 11.2. The van der Waals surface area contributed by atoms with Crippen LogP contribution in [0.15, 0.2) is 36.4 Å². The lowest BCUT2D eigenvalue weighted by molar-refractivity contribution is 0.0656. The Hall–Kier alpha value is -2.30. The maximum absolute atomic E-state index is 12.6. The molecule has 1 aromatic carbocycles. The van der Waals surface area contributed by atoms with Crippen molar-refractivity contribution in [2.75, 3.05) is 13.1 Å². The van der Waals surface area contributed by atoms with E-state index in [0.717, 1.165) is 24.5 Å². The number of para-hydroxylation sites is 1. The van der Waals surface area contributed by atoms with E-state index in [4.69, 9.17) is 4.74 Å². The molecule has 0 saturated heterocycles. The molecule has 1 aromatic heterocycles. The quantitative estimate of drug-likeness (QED) is 0.853. The smallest absolute Gasteiger partial charge is 0.272 e. The molecule has 23 heavy (non-hydrogen) atoms. The molecule has 1 aliphatic carbocycles. The predicted molar refractivity (Wildman–Crippen MR) is 86.3 cm³/mol. The number of amides is 1. The van der Waals surface area contributed by atoms with Gasteiger partial charge in [-0.25, -0.2) is 0 Å². The van der Waals surface area contributed by atoms with E-state index in [1.165, 1.54) is 12.8 Å². The number of carbonyl (C=O) groups is 1. The van der Waals surface area contributed by atoms with Crippen LogP contribution in [-0.2, 0) is 6.61 Å². The second-order valence-electron chi connectivity index (χ2n) is 6.57. The second kappa shape index (κ2) is 5.72. The van der Waals surface area contributed by atoms with Gasteiger partial charge in [0.15, 0.2) is 0 Å². The third-order valence-electron chi connectivity index (χ3n) is 4.50. The van der Waals surface area contributed by atoms with Gasteiger partial charge >= 0.3 is 0 Å². The van der Waals surface area contributed by atoms with E-state index in [-0.39, 0.29) is 11.9 Å². The number of nitrogens with zero attached hydrogens (tertiary/aromatic N) is 3. The van der Waals surface area contributed by atoms with Crippen LogP contribution in [0.5, 0.6) is 5.75 Å². The van der Waals surface area contributed by atoms with Crippen molar-refractivity contribution in [3.05, 3.63) is 47.8 Å². The maximum Gasteiger partial charge on any atom is 0.272 e. The summed E-state index contributed by atoms with van der Waals surface area (Å²) < 4.78 is 7.60. The van der Waals surface area contributed by atoms with Crippen molar-refractivity contribution in [1.29, 1.82) is 0 Å². The van der Waals surface area contributed by atoms with Crippen molar-refractivity contribution in [3.8, 4) is 5.75 Å². The second-order valence-corrected chi connectivity index (χ2v) is 6.57. The minimum atomic E-state index is 0.105. The Bertz CT molecular complexity index is 706. The van der Waals surface area contributed by atoms with Crippen LogP contribution in [0.2, 0.25) is 0 Å². The van der Waals surface area contributed by atoms with Crippen LogP contribution < -0.4 is 4.74 Å². The van der Waals surface area contributed by atoms with Crippen LogP contribution in [0.3, 0.4) is 0 Å². The van der Waals surface area contributed by atoms with E-state index in [0.29, 0.717) is 18.2 Å². The minimum Gasteiger partial charge on any atom is -0.487 e. The minimum absolute atomic E-state index is 0.105. The van der Waals surface area contributed by atoms with E-state index >= 15 is 0 Å². The Morgan fingerprint density at radius 3 is 2.78 bits per heavy atom. The lowest BCUT2D eigenvalue weighted by atomic mass is 10.2. The monoisotopic (exact) mass is 311 g/mol. The fraction of sp³-hybridized carbons (Fsp3) is 0.444. The Labute approximate surface area is 135 Å². The van der Waals surface area contributed by atoms with Gasteiger partial charge in [-0.3, -0.25) is 9.48 Å². The molecule has 0 unspecified atom stereocenters. The van der Waals surface area contributed by atoms with Crippen LogP contribution in [0.1, 0.15) is 42.0 Å². The molecule has 0 spiro atoms. The molecule has 2 aliphatic rings. The number of carbonyl (C=O) groups excluding carboxylic acids is 1. The van der Waals surface area contributed by atoms with Gasteiger partial charge in [0, 0.05) is 13.1 Å². The molecule has 0 bridgehead atoms. The standard InChI is InChI=1S/C18H21N3O2/c1-13-10-20(11-14-7-8-14)18(22)17-9-15(19-21(13)17)12-23-16-5-3-2-4-6-16/h2-6,9,13-14H,7-8,10-12H2,1H3/t13-/m1/s1. The highest BCUT2D eigenvalue weighted by molar-refractivity contribution is 5.93. The van der Waals surface area contributed by atoms with E-state index < -0.39 is 0 Å². The Morgan fingerprint density at radius 1 is 1.26 bits per heavy atom. The van der Waals surface area contributed by atoms with Gasteiger partial charge in [0.1, 0.15) is 23.7 Å². The summed E-state index contributed by atoms with van der Waals surface area (Å²) in [6.07, 6.45) is 2.52. The Balaban J connectivity index is 1.49. The molecule has 1 aliphatic heterocycles. The summed E-state index contributed by atoms with van der Waals surface area (Å²) in [5.74, 6) is 1.63. The van der Waals surface area contributed by atoms with Crippen LogP contribution >= 0.6 is 0 Å². The van der Waals surface area contributed by atoms with E-state index in [1.807, 2.05) is 46.0 Å². The lowest BCUT2D eigenvalue weighted by Crippen LogP contribution is -2.43. The Kier molecular flexibility index (Phi) is 3.56. The van der Waals surface area contributed by atoms with Crippen LogP contribution in [0.25, 0.3) is 0 Å². The van der Waals surface area contributed by atoms with Gasteiger partial charge in [0.25, 0.3) is 5.91 Å². The molecular weight excluding hydrogens is 290 g/mol. The molecule has 0 radical (unpaired) electrons. The number of ether oxygens (including phenoxy) is 1. The maximum atomic E-state index is 12.6. The summed E-state index contributed by atoms with van der Waals surface area (Å²) in [4.78, 5) is 14.6. The van der Waals surface area contributed by atoms with Gasteiger partial charge < -0.3 is 9.64 Å². The molecule has 2 heterocycles. The van der Waals surface area contributed by atoms with Gasteiger partial charge in [0.2, 0.25) is 0 Å². The summed E-state index contributed by atoms with van der Waals surface area (Å²) in [6.45, 7) is 4.14. The molecule has 1 saturated carbocycles. The van der Waals surface area contributed by atoms with E-state index in [2.05, 4.69) is 12.0 Å². The molecule has 5 nitrogen and oxygen atoms in total. The third-order valence-corrected chi connectivity index (χ3v) is 4.50. The normalized spacial score (nSPS) is 20.5. The largest absolute Gasteiger partial charge is 0.487 e.